The van der Waals surface area contributed by atoms with E-state index in [4.69, 9.17) is 11.6 Å². The molecule has 2 amide bonds. The van der Waals surface area contributed by atoms with E-state index in [9.17, 15) is 9.59 Å². The van der Waals surface area contributed by atoms with Gasteiger partial charge < -0.3 is 0 Å². The number of benzene rings is 2. The molecule has 0 aliphatic heterocycles. The Morgan fingerprint density at radius 2 is 1.48 bits per heavy atom. The van der Waals surface area contributed by atoms with Crippen LogP contribution in [0.3, 0.4) is 0 Å². The summed E-state index contributed by atoms with van der Waals surface area (Å²) in [7, 11) is 0. The second kappa shape index (κ2) is 6.91. The molecule has 0 aliphatic carbocycles. The maximum atomic E-state index is 11.9. The molecule has 0 fully saturated rings. The highest BCUT2D eigenvalue weighted by atomic mass is 127. The SMILES string of the molecule is Cc1ccc(C(=O)NNC(=O)c2ccc(Cl)cc2)cc1I. The third-order valence-electron chi connectivity index (χ3n) is 2.83. The van der Waals surface area contributed by atoms with Crippen molar-refractivity contribution < 1.29 is 9.59 Å². The molecule has 0 heterocycles. The van der Waals surface area contributed by atoms with Crippen molar-refractivity contribution in [2.24, 2.45) is 0 Å². The zero-order valence-electron chi connectivity index (χ0n) is 11.1. The first-order chi connectivity index (χ1) is 9.97. The Balaban J connectivity index is 1.98. The number of hydrazine groups is 1. The van der Waals surface area contributed by atoms with Crippen LogP contribution in [0.5, 0.6) is 0 Å². The standard InChI is InChI=1S/C15H12ClIN2O2/c1-9-2-3-11(8-13(9)17)15(21)19-18-14(20)10-4-6-12(16)7-5-10/h2-8H,1H3,(H,18,20)(H,19,21). The topological polar surface area (TPSA) is 58.2 Å². The number of nitrogens with one attached hydrogen (secondary N) is 2. The molecule has 2 aromatic carbocycles. The molecule has 21 heavy (non-hydrogen) atoms. The van der Waals surface area contributed by atoms with Gasteiger partial charge in [-0.15, -0.1) is 0 Å². The van der Waals surface area contributed by atoms with E-state index < -0.39 is 5.91 Å². The summed E-state index contributed by atoms with van der Waals surface area (Å²) in [6.07, 6.45) is 0. The van der Waals surface area contributed by atoms with Crippen LogP contribution in [-0.4, -0.2) is 11.8 Å². The molecule has 0 saturated carbocycles. The van der Waals surface area contributed by atoms with Crippen molar-refractivity contribution in [3.8, 4) is 0 Å². The summed E-state index contributed by atoms with van der Waals surface area (Å²) in [6.45, 7) is 1.96. The molecule has 0 unspecified atom stereocenters. The quantitative estimate of drug-likeness (QED) is 0.585. The minimum absolute atomic E-state index is 0.366. The van der Waals surface area contributed by atoms with Crippen LogP contribution in [-0.2, 0) is 0 Å². The van der Waals surface area contributed by atoms with Gasteiger partial charge in [0.1, 0.15) is 0 Å². The third-order valence-corrected chi connectivity index (χ3v) is 4.24. The Kier molecular flexibility index (Phi) is 5.19. The Labute approximate surface area is 141 Å². The first-order valence-electron chi connectivity index (χ1n) is 6.10. The average Bonchev–Trinajstić information content (AvgIpc) is 2.48. The number of carbonyl (C=O) groups excluding carboxylic acids is 2. The van der Waals surface area contributed by atoms with Gasteiger partial charge in [-0.25, -0.2) is 0 Å². The maximum Gasteiger partial charge on any atom is 0.269 e. The van der Waals surface area contributed by atoms with Crippen LogP contribution in [0.1, 0.15) is 26.3 Å². The Bertz CT molecular complexity index is 687. The predicted molar refractivity (Wildman–Crippen MR) is 90.3 cm³/mol. The van der Waals surface area contributed by atoms with E-state index in [0.29, 0.717) is 16.1 Å². The molecular weight excluding hydrogens is 403 g/mol. The number of carbonyl (C=O) groups is 2. The molecule has 0 aliphatic rings. The van der Waals surface area contributed by atoms with E-state index in [1.54, 1.807) is 36.4 Å². The van der Waals surface area contributed by atoms with E-state index in [0.717, 1.165) is 9.13 Å². The Morgan fingerprint density at radius 1 is 0.952 bits per heavy atom. The molecule has 2 N–H and O–H groups in total. The summed E-state index contributed by atoms with van der Waals surface area (Å²) >= 11 is 7.91. The van der Waals surface area contributed by atoms with Gasteiger partial charge in [-0.05, 0) is 71.5 Å². The van der Waals surface area contributed by atoms with Crippen molar-refractivity contribution in [2.45, 2.75) is 6.92 Å². The molecule has 108 valence electrons. The van der Waals surface area contributed by atoms with Crippen LogP contribution in [0, 0.1) is 10.5 Å². The van der Waals surface area contributed by atoms with Gasteiger partial charge in [0.2, 0.25) is 0 Å². The van der Waals surface area contributed by atoms with Gasteiger partial charge in [0.15, 0.2) is 0 Å². The first kappa shape index (κ1) is 15.8. The fourth-order valence-corrected chi connectivity index (χ4v) is 2.23. The van der Waals surface area contributed by atoms with Crippen LogP contribution in [0.25, 0.3) is 0 Å². The molecule has 0 aromatic heterocycles. The van der Waals surface area contributed by atoms with Gasteiger partial charge in [0, 0.05) is 19.7 Å². The third kappa shape index (κ3) is 4.18. The van der Waals surface area contributed by atoms with Crippen LogP contribution < -0.4 is 10.9 Å². The van der Waals surface area contributed by atoms with Crippen molar-refractivity contribution in [1.29, 1.82) is 0 Å². The van der Waals surface area contributed by atoms with Crippen LogP contribution >= 0.6 is 34.2 Å². The molecule has 6 heteroatoms. The number of amides is 2. The van der Waals surface area contributed by atoms with E-state index in [2.05, 4.69) is 33.4 Å². The first-order valence-corrected chi connectivity index (χ1v) is 7.55. The molecule has 2 rings (SSSR count). The fourth-order valence-electron chi connectivity index (χ4n) is 1.59. The monoisotopic (exact) mass is 414 g/mol. The zero-order valence-corrected chi connectivity index (χ0v) is 14.0. The van der Waals surface area contributed by atoms with Gasteiger partial charge in [-0.2, -0.15) is 0 Å². The lowest BCUT2D eigenvalue weighted by molar-refractivity contribution is 0.0846. The number of aryl methyl sites for hydroxylation is 1. The number of halogens is 2. The lowest BCUT2D eigenvalue weighted by Gasteiger charge is -2.08. The second-order valence-corrected chi connectivity index (χ2v) is 5.98. The van der Waals surface area contributed by atoms with Gasteiger partial charge in [-0.3, -0.25) is 20.4 Å². The highest BCUT2D eigenvalue weighted by Crippen LogP contribution is 2.13. The van der Waals surface area contributed by atoms with E-state index in [-0.39, 0.29) is 5.91 Å². The predicted octanol–water partition coefficient (Wildman–Crippen LogP) is 3.33. The Hall–Kier alpha value is -1.60. The van der Waals surface area contributed by atoms with E-state index in [1.165, 1.54) is 0 Å². The van der Waals surface area contributed by atoms with Crippen LogP contribution in [0.2, 0.25) is 5.02 Å². The minimum atomic E-state index is -0.401. The number of hydrogen-bond donors (Lipinski definition) is 2. The maximum absolute atomic E-state index is 11.9. The van der Waals surface area contributed by atoms with Crippen molar-refractivity contribution >= 4 is 46.0 Å². The van der Waals surface area contributed by atoms with Crippen LogP contribution in [0.15, 0.2) is 42.5 Å². The zero-order chi connectivity index (χ0) is 15.4. The fraction of sp³-hybridized carbons (Fsp3) is 0.0667. The highest BCUT2D eigenvalue weighted by molar-refractivity contribution is 14.1. The Morgan fingerprint density at radius 3 is 2.05 bits per heavy atom. The summed E-state index contributed by atoms with van der Waals surface area (Å²) < 4.78 is 0.990. The van der Waals surface area contributed by atoms with Crippen molar-refractivity contribution in [3.63, 3.8) is 0 Å². The minimum Gasteiger partial charge on any atom is -0.267 e. The molecule has 2 aromatic rings. The second-order valence-electron chi connectivity index (χ2n) is 4.38. The van der Waals surface area contributed by atoms with Crippen LogP contribution in [0.4, 0.5) is 0 Å². The van der Waals surface area contributed by atoms with Gasteiger partial charge >= 0.3 is 0 Å². The van der Waals surface area contributed by atoms with Gasteiger partial charge in [0.05, 0.1) is 0 Å². The summed E-state index contributed by atoms with van der Waals surface area (Å²) in [6, 6.07) is 11.7. The molecule has 4 nitrogen and oxygen atoms in total. The number of hydrogen-bond acceptors (Lipinski definition) is 2. The molecule has 0 bridgehead atoms. The summed E-state index contributed by atoms with van der Waals surface area (Å²) in [5, 5.41) is 0.546. The summed E-state index contributed by atoms with van der Waals surface area (Å²) in [4.78, 5) is 23.8. The lowest BCUT2D eigenvalue weighted by atomic mass is 10.1. The summed E-state index contributed by atoms with van der Waals surface area (Å²) in [5.41, 5.74) is 6.75. The molecule has 0 saturated heterocycles. The molecule has 0 radical (unpaired) electrons. The molecular formula is C15H12ClIN2O2. The lowest BCUT2D eigenvalue weighted by Crippen LogP contribution is -2.41. The van der Waals surface area contributed by atoms with Gasteiger partial charge in [-0.1, -0.05) is 17.7 Å². The van der Waals surface area contributed by atoms with Crippen molar-refractivity contribution in [2.75, 3.05) is 0 Å². The van der Waals surface area contributed by atoms with E-state index in [1.807, 2.05) is 13.0 Å². The van der Waals surface area contributed by atoms with Crippen molar-refractivity contribution in [3.05, 3.63) is 67.7 Å². The highest BCUT2D eigenvalue weighted by Gasteiger charge is 2.10. The smallest absolute Gasteiger partial charge is 0.267 e. The average molecular weight is 415 g/mol. The number of rotatable bonds is 2. The molecule has 0 spiro atoms. The normalized spacial score (nSPS) is 10.0. The van der Waals surface area contributed by atoms with E-state index >= 15 is 0 Å². The van der Waals surface area contributed by atoms with Gasteiger partial charge in [0.25, 0.3) is 11.8 Å². The van der Waals surface area contributed by atoms with Crippen molar-refractivity contribution in [1.82, 2.24) is 10.9 Å². The largest absolute Gasteiger partial charge is 0.269 e. The summed E-state index contributed by atoms with van der Waals surface area (Å²) in [5.74, 6) is -0.767. The molecule has 0 atom stereocenters.